The molecule has 0 aromatic carbocycles. The van der Waals surface area contributed by atoms with Gasteiger partial charge in [-0.3, -0.25) is 9.59 Å². The quantitative estimate of drug-likeness (QED) is 0.643. The van der Waals surface area contributed by atoms with Crippen LogP contribution in [0.1, 0.15) is 19.3 Å². The summed E-state index contributed by atoms with van der Waals surface area (Å²) in [5.74, 6) is 0.190. The molecule has 2 aliphatic heterocycles. The molecule has 16 heavy (non-hydrogen) atoms. The summed E-state index contributed by atoms with van der Waals surface area (Å²) in [5.41, 5.74) is 0. The average Bonchev–Trinajstić information content (AvgIpc) is 2.97. The maximum Gasteiger partial charge on any atom is 0.245 e. The molecule has 2 rings (SSSR count). The van der Waals surface area contributed by atoms with Crippen molar-refractivity contribution in [2.45, 2.75) is 19.3 Å². The van der Waals surface area contributed by atoms with Gasteiger partial charge in [0.05, 0.1) is 5.92 Å². The van der Waals surface area contributed by atoms with Crippen molar-refractivity contribution in [2.24, 2.45) is 5.92 Å². The van der Waals surface area contributed by atoms with Crippen LogP contribution in [-0.4, -0.2) is 47.8 Å². The molecular weight excluding hydrogens is 204 g/mol. The zero-order valence-corrected chi connectivity index (χ0v) is 9.52. The first-order chi connectivity index (χ1) is 7.72. The highest BCUT2D eigenvalue weighted by Crippen LogP contribution is 2.21. The molecule has 0 radical (unpaired) electrons. The summed E-state index contributed by atoms with van der Waals surface area (Å²) in [6.45, 7) is 6.51. The van der Waals surface area contributed by atoms with E-state index in [4.69, 9.17) is 0 Å². The normalized spacial score (nSPS) is 24.9. The molecule has 1 unspecified atom stereocenters. The van der Waals surface area contributed by atoms with Crippen LogP contribution in [0, 0.1) is 5.92 Å². The van der Waals surface area contributed by atoms with Gasteiger partial charge in [-0.05, 0) is 25.3 Å². The number of likely N-dealkylation sites (tertiary alicyclic amines) is 2. The van der Waals surface area contributed by atoms with Crippen molar-refractivity contribution in [1.82, 2.24) is 9.80 Å². The zero-order valence-electron chi connectivity index (χ0n) is 9.52. The number of nitrogens with zero attached hydrogens (tertiary/aromatic N) is 2. The number of carbonyl (C=O) groups is 2. The molecule has 1 atom stereocenters. The molecule has 4 heteroatoms. The summed E-state index contributed by atoms with van der Waals surface area (Å²) >= 11 is 0. The molecule has 0 bridgehead atoms. The fraction of sp³-hybridized carbons (Fsp3) is 0.667. The fourth-order valence-corrected chi connectivity index (χ4v) is 2.49. The molecular formula is C12H18N2O2. The molecule has 2 saturated heterocycles. The lowest BCUT2D eigenvalue weighted by molar-refractivity contribution is -0.134. The van der Waals surface area contributed by atoms with E-state index in [1.807, 2.05) is 4.90 Å². The van der Waals surface area contributed by atoms with Crippen molar-refractivity contribution in [3.8, 4) is 0 Å². The molecule has 0 spiro atoms. The van der Waals surface area contributed by atoms with Gasteiger partial charge in [0, 0.05) is 26.2 Å². The van der Waals surface area contributed by atoms with Crippen molar-refractivity contribution in [1.29, 1.82) is 0 Å². The van der Waals surface area contributed by atoms with Gasteiger partial charge in [0.2, 0.25) is 11.8 Å². The Balaban J connectivity index is 1.90. The van der Waals surface area contributed by atoms with Gasteiger partial charge in [0.15, 0.2) is 0 Å². The van der Waals surface area contributed by atoms with Crippen LogP contribution in [0.2, 0.25) is 0 Å². The maximum absolute atomic E-state index is 12.1. The van der Waals surface area contributed by atoms with Crippen molar-refractivity contribution in [3.05, 3.63) is 12.7 Å². The summed E-state index contributed by atoms with van der Waals surface area (Å²) in [5, 5.41) is 0. The third-order valence-electron chi connectivity index (χ3n) is 3.44. The number of amides is 2. The monoisotopic (exact) mass is 222 g/mol. The summed E-state index contributed by atoms with van der Waals surface area (Å²) in [6.07, 6.45) is 4.36. The van der Waals surface area contributed by atoms with Crippen LogP contribution in [0.15, 0.2) is 12.7 Å². The molecule has 2 heterocycles. The fourth-order valence-electron chi connectivity index (χ4n) is 2.49. The number of rotatable bonds is 2. The SMILES string of the molecule is C=CC(=O)N1CCC(C(=O)N2CCCC2)C1. The van der Waals surface area contributed by atoms with E-state index in [0.29, 0.717) is 13.1 Å². The Morgan fingerprint density at radius 2 is 1.81 bits per heavy atom. The van der Waals surface area contributed by atoms with E-state index < -0.39 is 0 Å². The number of hydrogen-bond donors (Lipinski definition) is 0. The molecule has 0 aromatic rings. The smallest absolute Gasteiger partial charge is 0.245 e. The van der Waals surface area contributed by atoms with Crippen molar-refractivity contribution >= 4 is 11.8 Å². The first-order valence-corrected chi connectivity index (χ1v) is 5.92. The third-order valence-corrected chi connectivity index (χ3v) is 3.44. The van der Waals surface area contributed by atoms with Gasteiger partial charge in [0.25, 0.3) is 0 Å². The first kappa shape index (κ1) is 11.2. The molecule has 0 aromatic heterocycles. The third kappa shape index (κ3) is 2.10. The maximum atomic E-state index is 12.1. The number of carbonyl (C=O) groups excluding carboxylic acids is 2. The van der Waals surface area contributed by atoms with Crippen LogP contribution < -0.4 is 0 Å². The lowest BCUT2D eigenvalue weighted by atomic mass is 10.1. The van der Waals surface area contributed by atoms with Gasteiger partial charge >= 0.3 is 0 Å². The van der Waals surface area contributed by atoms with Crippen LogP contribution in [0.3, 0.4) is 0 Å². The second-order valence-corrected chi connectivity index (χ2v) is 4.51. The Kier molecular flexibility index (Phi) is 3.27. The average molecular weight is 222 g/mol. The highest BCUT2D eigenvalue weighted by Gasteiger charge is 2.33. The van der Waals surface area contributed by atoms with Gasteiger partial charge in [-0.2, -0.15) is 0 Å². The van der Waals surface area contributed by atoms with Gasteiger partial charge in [0.1, 0.15) is 0 Å². The summed E-state index contributed by atoms with van der Waals surface area (Å²) in [7, 11) is 0. The van der Waals surface area contributed by atoms with E-state index in [1.54, 1.807) is 4.90 Å². The van der Waals surface area contributed by atoms with Crippen LogP contribution in [0.25, 0.3) is 0 Å². The Morgan fingerprint density at radius 1 is 1.12 bits per heavy atom. The largest absolute Gasteiger partial charge is 0.342 e. The van der Waals surface area contributed by atoms with Gasteiger partial charge in [-0.1, -0.05) is 6.58 Å². The minimum atomic E-state index is -0.0586. The summed E-state index contributed by atoms with van der Waals surface area (Å²) in [6, 6.07) is 0. The second-order valence-electron chi connectivity index (χ2n) is 4.51. The van der Waals surface area contributed by atoms with E-state index in [1.165, 1.54) is 6.08 Å². The topological polar surface area (TPSA) is 40.6 Å². The van der Waals surface area contributed by atoms with E-state index >= 15 is 0 Å². The van der Waals surface area contributed by atoms with Crippen LogP contribution in [0.5, 0.6) is 0 Å². The molecule has 4 nitrogen and oxygen atoms in total. The Labute approximate surface area is 95.9 Å². The Morgan fingerprint density at radius 3 is 2.44 bits per heavy atom. The Bertz CT molecular complexity index is 308. The molecule has 2 amide bonds. The number of hydrogen-bond acceptors (Lipinski definition) is 2. The molecule has 0 N–H and O–H groups in total. The van der Waals surface area contributed by atoms with Gasteiger partial charge < -0.3 is 9.80 Å². The highest BCUT2D eigenvalue weighted by molar-refractivity contribution is 5.88. The molecule has 0 aliphatic carbocycles. The van der Waals surface area contributed by atoms with E-state index in [9.17, 15) is 9.59 Å². The predicted octanol–water partition coefficient (Wildman–Crippen LogP) is 0.643. The minimum absolute atomic E-state index is 0.0157. The van der Waals surface area contributed by atoms with Gasteiger partial charge in [-0.25, -0.2) is 0 Å². The molecule has 2 fully saturated rings. The molecule has 2 aliphatic rings. The molecule has 88 valence electrons. The Hall–Kier alpha value is -1.32. The summed E-state index contributed by atoms with van der Waals surface area (Å²) < 4.78 is 0. The van der Waals surface area contributed by atoms with Crippen LogP contribution >= 0.6 is 0 Å². The lowest BCUT2D eigenvalue weighted by Crippen LogP contribution is -2.36. The zero-order chi connectivity index (χ0) is 11.5. The second kappa shape index (κ2) is 4.68. The van der Waals surface area contributed by atoms with E-state index in [2.05, 4.69) is 6.58 Å². The van der Waals surface area contributed by atoms with E-state index in [0.717, 1.165) is 32.4 Å². The minimum Gasteiger partial charge on any atom is -0.342 e. The van der Waals surface area contributed by atoms with Crippen molar-refractivity contribution < 1.29 is 9.59 Å². The molecule has 0 saturated carbocycles. The van der Waals surface area contributed by atoms with Gasteiger partial charge in [-0.15, -0.1) is 0 Å². The van der Waals surface area contributed by atoms with Crippen LogP contribution in [-0.2, 0) is 9.59 Å². The van der Waals surface area contributed by atoms with Crippen LogP contribution in [0.4, 0.5) is 0 Å². The lowest BCUT2D eigenvalue weighted by Gasteiger charge is -2.20. The standard InChI is InChI=1S/C12H18N2O2/c1-2-11(15)14-8-5-10(9-14)12(16)13-6-3-4-7-13/h2,10H,1,3-9H2. The first-order valence-electron chi connectivity index (χ1n) is 5.92. The van der Waals surface area contributed by atoms with Crippen molar-refractivity contribution in [2.75, 3.05) is 26.2 Å². The highest BCUT2D eigenvalue weighted by atomic mass is 16.2. The van der Waals surface area contributed by atoms with E-state index in [-0.39, 0.29) is 17.7 Å². The van der Waals surface area contributed by atoms with Crippen molar-refractivity contribution in [3.63, 3.8) is 0 Å². The summed E-state index contributed by atoms with van der Waals surface area (Å²) in [4.78, 5) is 27.1. The predicted molar refractivity (Wildman–Crippen MR) is 60.7 cm³/mol.